The maximum atomic E-state index is 6.03. The van der Waals surface area contributed by atoms with E-state index in [9.17, 15) is 0 Å². The zero-order valence-corrected chi connectivity index (χ0v) is 20.9. The van der Waals surface area contributed by atoms with E-state index < -0.39 is 0 Å². The molecule has 1 aliphatic rings. The van der Waals surface area contributed by atoms with E-state index in [0.717, 1.165) is 61.5 Å². The van der Waals surface area contributed by atoms with Crippen molar-refractivity contribution in [3.63, 3.8) is 0 Å². The summed E-state index contributed by atoms with van der Waals surface area (Å²) in [5, 5.41) is 3.21. The number of aryl methyl sites for hydroxylation is 2. The minimum absolute atomic E-state index is 0.392. The van der Waals surface area contributed by atoms with Crippen LogP contribution in [-0.2, 0) is 12.8 Å². The normalized spacial score (nSPS) is 13.8. The predicted molar refractivity (Wildman–Crippen MR) is 134 cm³/mol. The van der Waals surface area contributed by atoms with Gasteiger partial charge in [-0.15, -0.1) is 0 Å². The van der Waals surface area contributed by atoms with Gasteiger partial charge in [-0.25, -0.2) is 15.0 Å². The fourth-order valence-corrected chi connectivity index (χ4v) is 4.39. The van der Waals surface area contributed by atoms with Crippen LogP contribution in [0.25, 0.3) is 11.3 Å². The Balaban J connectivity index is 2.12. The number of pyridine rings is 1. The lowest BCUT2D eigenvalue weighted by atomic mass is 9.97. The Morgan fingerprint density at radius 1 is 1.03 bits per heavy atom. The van der Waals surface area contributed by atoms with Gasteiger partial charge in [0.2, 0.25) is 0 Å². The third-order valence-electron chi connectivity index (χ3n) is 6.20. The third-order valence-corrected chi connectivity index (χ3v) is 6.20. The molecule has 0 bridgehead atoms. The molecule has 3 heterocycles. The monoisotopic (exact) mass is 439 g/mol. The Labute approximate surface area is 194 Å². The quantitative estimate of drug-likeness (QED) is 0.433. The molecule has 6 nitrogen and oxygen atoms in total. The largest absolute Gasteiger partial charge is 0.475 e. The summed E-state index contributed by atoms with van der Waals surface area (Å²) >= 11 is 0. The van der Waals surface area contributed by atoms with Gasteiger partial charge in [0.1, 0.15) is 5.82 Å². The van der Waals surface area contributed by atoms with Gasteiger partial charge < -0.3 is 15.0 Å². The van der Waals surface area contributed by atoms with Gasteiger partial charge in [-0.3, -0.25) is 0 Å². The summed E-state index contributed by atoms with van der Waals surface area (Å²) < 4.78 is 6.03. The molecule has 0 aromatic carbocycles. The smallest absolute Gasteiger partial charge is 0.257 e. The van der Waals surface area contributed by atoms with Gasteiger partial charge in [0, 0.05) is 31.4 Å². The summed E-state index contributed by atoms with van der Waals surface area (Å²) in [6, 6.07) is 2.32. The first kappa shape index (κ1) is 24.3. The van der Waals surface area contributed by atoms with Crippen LogP contribution in [-0.4, -0.2) is 41.7 Å². The molecular formula is C26H41N5O. The second-order valence-corrected chi connectivity index (χ2v) is 8.94. The lowest BCUT2D eigenvalue weighted by Crippen LogP contribution is -2.22. The van der Waals surface area contributed by atoms with Gasteiger partial charge in [-0.1, -0.05) is 47.5 Å². The van der Waals surface area contributed by atoms with Crippen molar-refractivity contribution in [2.75, 3.05) is 37.0 Å². The van der Waals surface area contributed by atoms with Gasteiger partial charge in [-0.05, 0) is 49.7 Å². The van der Waals surface area contributed by atoms with Crippen LogP contribution < -0.4 is 15.0 Å². The number of rotatable bonds is 11. The molecule has 0 unspecified atom stereocenters. The lowest BCUT2D eigenvalue weighted by Gasteiger charge is -2.24. The van der Waals surface area contributed by atoms with Gasteiger partial charge in [-0.2, -0.15) is 0 Å². The highest BCUT2D eigenvalue weighted by Crippen LogP contribution is 2.37. The fourth-order valence-electron chi connectivity index (χ4n) is 4.39. The Morgan fingerprint density at radius 3 is 2.38 bits per heavy atom. The molecule has 2 aromatic heterocycles. The van der Waals surface area contributed by atoms with E-state index in [2.05, 4.69) is 50.9 Å². The Hall–Kier alpha value is -2.37. The molecular weight excluding hydrogens is 398 g/mol. The van der Waals surface area contributed by atoms with Crippen molar-refractivity contribution in [2.45, 2.75) is 85.5 Å². The molecule has 1 aliphatic heterocycles. The van der Waals surface area contributed by atoms with Crippen LogP contribution in [0, 0.1) is 0 Å². The molecule has 2 aromatic rings. The van der Waals surface area contributed by atoms with Crippen molar-refractivity contribution in [1.29, 1.82) is 0 Å². The molecule has 0 amide bonds. The van der Waals surface area contributed by atoms with E-state index in [1.54, 1.807) is 0 Å². The first-order valence-electron chi connectivity index (χ1n) is 12.5. The molecule has 1 fully saturated rings. The highest BCUT2D eigenvalue weighted by atomic mass is 16.5. The topological polar surface area (TPSA) is 63.2 Å². The van der Waals surface area contributed by atoms with Crippen LogP contribution in [0.3, 0.4) is 0 Å². The van der Waals surface area contributed by atoms with Crippen LogP contribution in [0.2, 0.25) is 0 Å². The van der Waals surface area contributed by atoms with Crippen LogP contribution in [0.4, 0.5) is 11.6 Å². The molecule has 3 rings (SSSR count). The maximum Gasteiger partial charge on any atom is 0.257 e. The van der Waals surface area contributed by atoms with Crippen molar-refractivity contribution in [2.24, 2.45) is 0 Å². The molecule has 176 valence electrons. The summed E-state index contributed by atoms with van der Waals surface area (Å²) in [4.78, 5) is 17.6. The van der Waals surface area contributed by atoms with Crippen molar-refractivity contribution in [1.82, 2.24) is 15.0 Å². The zero-order valence-electron chi connectivity index (χ0n) is 20.9. The second-order valence-electron chi connectivity index (χ2n) is 8.94. The van der Waals surface area contributed by atoms with E-state index in [1.165, 1.54) is 30.5 Å². The van der Waals surface area contributed by atoms with Gasteiger partial charge in [0.05, 0.1) is 18.0 Å². The Kier molecular flexibility index (Phi) is 8.71. The SMILES string of the molecule is CCCCCOc1nc(CC)c(-c2cc(CC)c(C(C)C)nc2N2CCCC2)nc1NC. The second kappa shape index (κ2) is 11.5. The molecule has 0 spiro atoms. The molecule has 0 aliphatic carbocycles. The lowest BCUT2D eigenvalue weighted by molar-refractivity contribution is 0.294. The van der Waals surface area contributed by atoms with Crippen LogP contribution in [0.5, 0.6) is 5.88 Å². The number of nitrogens with one attached hydrogen (secondary N) is 1. The van der Waals surface area contributed by atoms with Crippen LogP contribution >= 0.6 is 0 Å². The van der Waals surface area contributed by atoms with E-state index in [4.69, 9.17) is 19.7 Å². The first-order valence-corrected chi connectivity index (χ1v) is 12.5. The van der Waals surface area contributed by atoms with Crippen molar-refractivity contribution in [3.05, 3.63) is 23.0 Å². The minimum atomic E-state index is 0.392. The average Bonchev–Trinajstić information content (AvgIpc) is 3.35. The number of ether oxygens (including phenoxy) is 1. The summed E-state index contributed by atoms with van der Waals surface area (Å²) in [6.45, 7) is 13.8. The van der Waals surface area contributed by atoms with Gasteiger partial charge in [0.25, 0.3) is 5.88 Å². The summed E-state index contributed by atoms with van der Waals surface area (Å²) in [5.41, 5.74) is 5.50. The third kappa shape index (κ3) is 5.33. The minimum Gasteiger partial charge on any atom is -0.475 e. The highest BCUT2D eigenvalue weighted by molar-refractivity contribution is 5.77. The summed E-state index contributed by atoms with van der Waals surface area (Å²) in [6.07, 6.45) is 7.55. The number of unbranched alkanes of at least 4 members (excludes halogenated alkanes) is 2. The predicted octanol–water partition coefficient (Wildman–Crippen LogP) is 6.00. The Bertz CT molecular complexity index is 890. The van der Waals surface area contributed by atoms with E-state index >= 15 is 0 Å². The molecule has 0 atom stereocenters. The van der Waals surface area contributed by atoms with E-state index in [0.29, 0.717) is 24.2 Å². The van der Waals surface area contributed by atoms with Crippen molar-refractivity contribution < 1.29 is 4.74 Å². The van der Waals surface area contributed by atoms with Crippen molar-refractivity contribution >= 4 is 11.6 Å². The fraction of sp³-hybridized carbons (Fsp3) is 0.654. The molecule has 0 saturated carbocycles. The average molecular weight is 440 g/mol. The number of nitrogens with zero attached hydrogens (tertiary/aromatic N) is 4. The van der Waals surface area contributed by atoms with Crippen LogP contribution in [0.1, 0.15) is 89.6 Å². The number of hydrogen-bond acceptors (Lipinski definition) is 6. The Morgan fingerprint density at radius 2 is 1.78 bits per heavy atom. The number of hydrogen-bond donors (Lipinski definition) is 1. The maximum absolute atomic E-state index is 6.03. The summed E-state index contributed by atoms with van der Waals surface area (Å²) in [7, 11) is 1.89. The van der Waals surface area contributed by atoms with Crippen molar-refractivity contribution in [3.8, 4) is 17.1 Å². The van der Waals surface area contributed by atoms with Crippen LogP contribution in [0.15, 0.2) is 6.07 Å². The first-order chi connectivity index (χ1) is 15.5. The molecule has 6 heteroatoms. The summed E-state index contributed by atoms with van der Waals surface area (Å²) in [5.74, 6) is 2.76. The standard InChI is InChI=1S/C26H41N5O/c1-7-10-13-16-32-26-24(27-6)29-23(21(9-3)28-26)20-17-19(8-2)22(18(4)5)30-25(20)31-14-11-12-15-31/h17-18H,7-16H2,1-6H3,(H,27,29). The highest BCUT2D eigenvalue weighted by Gasteiger charge is 2.25. The van der Waals surface area contributed by atoms with E-state index in [1.807, 2.05) is 7.05 Å². The number of aromatic nitrogens is 3. The zero-order chi connectivity index (χ0) is 23.1. The van der Waals surface area contributed by atoms with Gasteiger partial charge >= 0.3 is 0 Å². The molecule has 0 radical (unpaired) electrons. The molecule has 1 N–H and O–H groups in total. The van der Waals surface area contributed by atoms with E-state index in [-0.39, 0.29) is 0 Å². The molecule has 32 heavy (non-hydrogen) atoms. The molecule has 1 saturated heterocycles. The number of anilines is 2. The van der Waals surface area contributed by atoms with Gasteiger partial charge in [0.15, 0.2) is 5.82 Å².